The lowest BCUT2D eigenvalue weighted by atomic mass is 10.2. The van der Waals surface area contributed by atoms with Gasteiger partial charge in [-0.1, -0.05) is 0 Å². The van der Waals surface area contributed by atoms with E-state index in [2.05, 4.69) is 9.97 Å². The summed E-state index contributed by atoms with van der Waals surface area (Å²) in [4.78, 5) is 33.3. The molecular formula is C18H21N3O4. The molecule has 2 heterocycles. The quantitative estimate of drug-likeness (QED) is 0.770. The number of nitrogens with zero attached hydrogens (tertiary/aromatic N) is 3. The average Bonchev–Trinajstić information content (AvgIpc) is 3.24. The van der Waals surface area contributed by atoms with Gasteiger partial charge in [-0.05, 0) is 51.7 Å². The number of hydrogen-bond acceptors (Lipinski definition) is 6. The van der Waals surface area contributed by atoms with Crippen LogP contribution in [0.5, 0.6) is 0 Å². The molecule has 0 aromatic carbocycles. The summed E-state index contributed by atoms with van der Waals surface area (Å²) in [7, 11) is 0. The van der Waals surface area contributed by atoms with E-state index in [1.165, 1.54) is 6.26 Å². The Kier molecular flexibility index (Phi) is 4.57. The molecule has 3 rings (SSSR count). The summed E-state index contributed by atoms with van der Waals surface area (Å²) in [5.74, 6) is 1.26. The second-order valence-corrected chi connectivity index (χ2v) is 7.13. The molecule has 132 valence electrons. The van der Waals surface area contributed by atoms with Crippen molar-refractivity contribution >= 4 is 18.2 Å². The highest BCUT2D eigenvalue weighted by atomic mass is 16.6. The molecule has 0 radical (unpaired) electrons. The molecule has 1 fully saturated rings. The maximum Gasteiger partial charge on any atom is 0.416 e. The molecule has 1 saturated carbocycles. The van der Waals surface area contributed by atoms with Gasteiger partial charge in [0.05, 0.1) is 0 Å². The van der Waals surface area contributed by atoms with Crippen molar-refractivity contribution in [3.63, 3.8) is 0 Å². The van der Waals surface area contributed by atoms with Crippen LogP contribution < -0.4 is 4.90 Å². The van der Waals surface area contributed by atoms with Crippen molar-refractivity contribution in [2.24, 2.45) is 5.92 Å². The second-order valence-electron chi connectivity index (χ2n) is 7.13. The number of aldehydes is 1. The number of pyridine rings is 1. The van der Waals surface area contributed by atoms with Gasteiger partial charge in [0.15, 0.2) is 6.29 Å². The van der Waals surface area contributed by atoms with Crippen molar-refractivity contribution in [1.29, 1.82) is 0 Å². The number of carbonyl (C=O) groups excluding carboxylic acids is 2. The number of hydrogen-bond donors (Lipinski definition) is 0. The van der Waals surface area contributed by atoms with Gasteiger partial charge in [0.25, 0.3) is 0 Å². The summed E-state index contributed by atoms with van der Waals surface area (Å²) < 4.78 is 10.8. The predicted molar refractivity (Wildman–Crippen MR) is 91.4 cm³/mol. The number of rotatable bonds is 5. The molecule has 1 aliphatic carbocycles. The fourth-order valence-corrected chi connectivity index (χ4v) is 2.31. The van der Waals surface area contributed by atoms with Crippen molar-refractivity contribution in [3.05, 3.63) is 30.3 Å². The van der Waals surface area contributed by atoms with E-state index in [0.717, 1.165) is 12.8 Å². The van der Waals surface area contributed by atoms with Crippen molar-refractivity contribution < 1.29 is 18.7 Å². The molecular weight excluding hydrogens is 322 g/mol. The van der Waals surface area contributed by atoms with E-state index in [9.17, 15) is 9.59 Å². The molecule has 1 amide bonds. The van der Waals surface area contributed by atoms with E-state index in [1.54, 1.807) is 23.2 Å². The largest absolute Gasteiger partial charge is 0.444 e. The van der Waals surface area contributed by atoms with Crippen LogP contribution in [0.3, 0.4) is 0 Å². The van der Waals surface area contributed by atoms with Crippen LogP contribution in [0.4, 0.5) is 10.6 Å². The van der Waals surface area contributed by atoms with E-state index in [0.29, 0.717) is 36.0 Å². The highest BCUT2D eigenvalue weighted by Gasteiger charge is 2.31. The first-order chi connectivity index (χ1) is 11.9. The molecule has 0 saturated heterocycles. The summed E-state index contributed by atoms with van der Waals surface area (Å²) >= 11 is 0. The Morgan fingerprint density at radius 1 is 1.44 bits per heavy atom. The summed E-state index contributed by atoms with van der Waals surface area (Å²) in [6.45, 7) is 6.06. The lowest BCUT2D eigenvalue weighted by Gasteiger charge is -2.27. The topological polar surface area (TPSA) is 85.5 Å². The van der Waals surface area contributed by atoms with Gasteiger partial charge in [0.1, 0.15) is 23.4 Å². The van der Waals surface area contributed by atoms with Gasteiger partial charge >= 0.3 is 6.09 Å². The number of aromatic nitrogens is 2. The Morgan fingerprint density at radius 3 is 2.80 bits per heavy atom. The first-order valence-electron chi connectivity index (χ1n) is 8.23. The maximum absolute atomic E-state index is 12.6. The molecule has 0 bridgehead atoms. The van der Waals surface area contributed by atoms with Crippen molar-refractivity contribution in [1.82, 2.24) is 9.97 Å². The van der Waals surface area contributed by atoms with E-state index in [-0.39, 0.29) is 5.69 Å². The molecule has 1 aliphatic rings. The van der Waals surface area contributed by atoms with E-state index >= 15 is 0 Å². The smallest absolute Gasteiger partial charge is 0.416 e. The predicted octanol–water partition coefficient (Wildman–Crippen LogP) is 3.70. The molecule has 7 nitrogen and oxygen atoms in total. The van der Waals surface area contributed by atoms with Gasteiger partial charge in [-0.2, -0.15) is 0 Å². The lowest BCUT2D eigenvalue weighted by molar-refractivity contribution is 0.0577. The Balaban J connectivity index is 1.88. The number of oxazole rings is 1. The first kappa shape index (κ1) is 17.1. The number of anilines is 1. The van der Waals surface area contributed by atoms with Crippen molar-refractivity contribution in [3.8, 4) is 11.5 Å². The molecule has 2 aromatic heterocycles. The molecule has 2 aromatic rings. The minimum Gasteiger partial charge on any atom is -0.444 e. The van der Waals surface area contributed by atoms with Crippen LogP contribution in [0.25, 0.3) is 11.5 Å². The normalized spacial score (nSPS) is 14.2. The molecule has 0 N–H and O–H groups in total. The van der Waals surface area contributed by atoms with Gasteiger partial charge in [-0.3, -0.25) is 9.69 Å². The van der Waals surface area contributed by atoms with E-state index in [1.807, 2.05) is 20.8 Å². The number of carbonyl (C=O) groups is 2. The summed E-state index contributed by atoms with van der Waals surface area (Å²) in [6.07, 6.45) is 5.26. The minimum atomic E-state index is -0.585. The molecule has 25 heavy (non-hydrogen) atoms. The monoisotopic (exact) mass is 343 g/mol. The number of amides is 1. The van der Waals surface area contributed by atoms with Gasteiger partial charge in [-0.25, -0.2) is 14.8 Å². The van der Waals surface area contributed by atoms with Crippen LogP contribution >= 0.6 is 0 Å². The number of ether oxygens (including phenoxy) is 1. The molecule has 0 atom stereocenters. The van der Waals surface area contributed by atoms with E-state index < -0.39 is 11.7 Å². The van der Waals surface area contributed by atoms with Crippen LogP contribution in [0, 0.1) is 5.92 Å². The summed E-state index contributed by atoms with van der Waals surface area (Å²) in [6, 6.07) is 3.43. The van der Waals surface area contributed by atoms with Crippen LogP contribution in [-0.4, -0.2) is 34.5 Å². The van der Waals surface area contributed by atoms with Gasteiger partial charge < -0.3 is 9.15 Å². The average molecular weight is 343 g/mol. The Labute approximate surface area is 146 Å². The van der Waals surface area contributed by atoms with Crippen LogP contribution in [0.2, 0.25) is 0 Å². The molecule has 0 unspecified atom stereocenters. The van der Waals surface area contributed by atoms with Crippen LogP contribution in [-0.2, 0) is 4.74 Å². The fraction of sp³-hybridized carbons (Fsp3) is 0.444. The van der Waals surface area contributed by atoms with Crippen molar-refractivity contribution in [2.45, 2.75) is 39.2 Å². The second kappa shape index (κ2) is 6.66. The first-order valence-corrected chi connectivity index (χ1v) is 8.23. The Morgan fingerprint density at radius 2 is 2.20 bits per heavy atom. The standard InChI is InChI=1S/C18H21N3O4/c1-18(2,3)25-17(23)21(9-12-4-5-12)15-8-13(6-7-19-15)16-20-14(10-22)11-24-16/h6-8,10-12H,4-5,9H2,1-3H3. The zero-order chi connectivity index (χ0) is 18.0. The summed E-state index contributed by atoms with van der Waals surface area (Å²) in [5.41, 5.74) is 0.274. The fourth-order valence-electron chi connectivity index (χ4n) is 2.31. The van der Waals surface area contributed by atoms with E-state index in [4.69, 9.17) is 9.15 Å². The third-order valence-corrected chi connectivity index (χ3v) is 3.66. The summed E-state index contributed by atoms with van der Waals surface area (Å²) in [5, 5.41) is 0. The minimum absolute atomic E-state index is 0.218. The van der Waals surface area contributed by atoms with Gasteiger partial charge in [0.2, 0.25) is 5.89 Å². The molecule has 7 heteroatoms. The van der Waals surface area contributed by atoms with Gasteiger partial charge in [0, 0.05) is 18.3 Å². The van der Waals surface area contributed by atoms with Crippen LogP contribution in [0.1, 0.15) is 44.1 Å². The third-order valence-electron chi connectivity index (χ3n) is 3.66. The zero-order valence-corrected chi connectivity index (χ0v) is 14.6. The van der Waals surface area contributed by atoms with Crippen LogP contribution in [0.15, 0.2) is 29.0 Å². The SMILES string of the molecule is CC(C)(C)OC(=O)N(CC1CC1)c1cc(-c2nc(C=O)co2)ccn1. The van der Waals surface area contributed by atoms with Gasteiger partial charge in [-0.15, -0.1) is 0 Å². The van der Waals surface area contributed by atoms with Crippen molar-refractivity contribution in [2.75, 3.05) is 11.4 Å². The Bertz CT molecular complexity index is 775. The Hall–Kier alpha value is -2.70. The highest BCUT2D eigenvalue weighted by Crippen LogP contribution is 2.32. The molecule has 0 aliphatic heterocycles. The highest BCUT2D eigenvalue weighted by molar-refractivity contribution is 5.87. The lowest BCUT2D eigenvalue weighted by Crippen LogP contribution is -2.38. The third kappa shape index (κ3) is 4.43. The molecule has 0 spiro atoms. The zero-order valence-electron chi connectivity index (χ0n) is 14.6. The maximum atomic E-state index is 12.6.